The van der Waals surface area contributed by atoms with Gasteiger partial charge in [-0.2, -0.15) is 0 Å². The normalized spacial score (nSPS) is 11.8. The van der Waals surface area contributed by atoms with Crippen molar-refractivity contribution in [1.82, 2.24) is 4.98 Å². The second-order valence-electron chi connectivity index (χ2n) is 4.60. The minimum Gasteiger partial charge on any atom is -0.390 e. The van der Waals surface area contributed by atoms with E-state index in [-0.39, 0.29) is 5.82 Å². The lowest BCUT2D eigenvalue weighted by Gasteiger charge is -2.14. The zero-order chi connectivity index (χ0) is 12.5. The highest BCUT2D eigenvalue weighted by Crippen LogP contribution is 2.26. The average molecular weight is 251 g/mol. The van der Waals surface area contributed by atoms with Crippen molar-refractivity contribution in [2.24, 2.45) is 0 Å². The summed E-state index contributed by atoms with van der Waals surface area (Å²) in [4.78, 5) is 4.35. The minimum absolute atomic E-state index is 0.271. The lowest BCUT2D eigenvalue weighted by molar-refractivity contribution is 0.0809. The highest BCUT2D eigenvalue weighted by atomic mass is 32.1. The van der Waals surface area contributed by atoms with E-state index in [2.05, 4.69) is 4.98 Å². The fraction of sp³-hybridized carbons (Fsp3) is 0.308. The Balaban J connectivity index is 2.28. The molecule has 0 fully saturated rings. The fourth-order valence-corrected chi connectivity index (χ4v) is 2.57. The Morgan fingerprint density at radius 1 is 1.35 bits per heavy atom. The third-order valence-electron chi connectivity index (χ3n) is 2.29. The Hall–Kier alpha value is -1.26. The van der Waals surface area contributed by atoms with Gasteiger partial charge in [0.15, 0.2) is 0 Å². The molecule has 1 aromatic carbocycles. The number of nitrogens with zero attached hydrogens (tertiary/aromatic N) is 1. The van der Waals surface area contributed by atoms with Crippen LogP contribution in [0.15, 0.2) is 29.6 Å². The van der Waals surface area contributed by atoms with Gasteiger partial charge in [-0.15, -0.1) is 11.3 Å². The molecule has 0 bridgehead atoms. The number of halogens is 1. The Morgan fingerprint density at radius 3 is 2.71 bits per heavy atom. The Bertz CT molecular complexity index is 516. The topological polar surface area (TPSA) is 33.1 Å². The zero-order valence-corrected chi connectivity index (χ0v) is 10.6. The molecular weight excluding hydrogens is 237 g/mol. The lowest BCUT2D eigenvalue weighted by atomic mass is 10.1. The van der Waals surface area contributed by atoms with Crippen LogP contribution in [0.4, 0.5) is 4.39 Å². The molecular formula is C13H14FNOS. The van der Waals surface area contributed by atoms with Crippen molar-refractivity contribution in [2.75, 3.05) is 0 Å². The van der Waals surface area contributed by atoms with E-state index in [0.717, 1.165) is 5.01 Å². The summed E-state index contributed by atoms with van der Waals surface area (Å²) in [6, 6.07) is 6.57. The SMILES string of the molecule is CC(C)(O)Cc1nc(-c2ccccc2F)cs1. The summed E-state index contributed by atoms with van der Waals surface area (Å²) in [5.41, 5.74) is 0.350. The number of aliphatic hydroxyl groups is 1. The predicted molar refractivity (Wildman–Crippen MR) is 67.5 cm³/mol. The maximum atomic E-state index is 13.5. The number of rotatable bonds is 3. The van der Waals surface area contributed by atoms with Crippen LogP contribution < -0.4 is 0 Å². The van der Waals surface area contributed by atoms with Crippen molar-refractivity contribution in [2.45, 2.75) is 25.9 Å². The van der Waals surface area contributed by atoms with E-state index in [1.54, 1.807) is 32.0 Å². The molecule has 1 heterocycles. The number of benzene rings is 1. The van der Waals surface area contributed by atoms with Gasteiger partial charge in [0.05, 0.1) is 16.3 Å². The van der Waals surface area contributed by atoms with Gasteiger partial charge >= 0.3 is 0 Å². The molecule has 0 aliphatic carbocycles. The quantitative estimate of drug-likeness (QED) is 0.908. The summed E-state index contributed by atoms with van der Waals surface area (Å²) < 4.78 is 13.5. The molecule has 0 spiro atoms. The van der Waals surface area contributed by atoms with Crippen LogP contribution in [0.2, 0.25) is 0 Å². The van der Waals surface area contributed by atoms with Crippen molar-refractivity contribution in [3.8, 4) is 11.3 Å². The summed E-state index contributed by atoms with van der Waals surface area (Å²) >= 11 is 1.44. The maximum absolute atomic E-state index is 13.5. The molecule has 1 N–H and O–H groups in total. The number of thiazole rings is 1. The molecule has 4 heteroatoms. The van der Waals surface area contributed by atoms with Crippen LogP contribution in [0.3, 0.4) is 0 Å². The summed E-state index contributed by atoms with van der Waals surface area (Å²) in [5, 5.41) is 12.3. The predicted octanol–water partition coefficient (Wildman–Crippen LogP) is 3.26. The molecule has 0 unspecified atom stereocenters. The molecule has 90 valence electrons. The minimum atomic E-state index is -0.787. The molecule has 2 rings (SSSR count). The first kappa shape index (κ1) is 12.2. The van der Waals surface area contributed by atoms with Gasteiger partial charge in [0.1, 0.15) is 5.82 Å². The second-order valence-corrected chi connectivity index (χ2v) is 5.54. The van der Waals surface area contributed by atoms with Crippen molar-refractivity contribution >= 4 is 11.3 Å². The Kier molecular flexibility index (Phi) is 3.26. The molecule has 2 nitrogen and oxygen atoms in total. The molecule has 0 saturated heterocycles. The Morgan fingerprint density at radius 2 is 2.06 bits per heavy atom. The van der Waals surface area contributed by atoms with Gasteiger partial charge in [-0.05, 0) is 26.0 Å². The summed E-state index contributed by atoms with van der Waals surface area (Å²) in [5.74, 6) is -0.271. The van der Waals surface area contributed by atoms with Crippen LogP contribution in [-0.2, 0) is 6.42 Å². The lowest BCUT2D eigenvalue weighted by Crippen LogP contribution is -2.21. The standard InChI is InChI=1S/C13H14FNOS/c1-13(2,16)7-12-15-11(8-17-12)9-5-3-4-6-10(9)14/h3-6,8,16H,7H2,1-2H3. The molecule has 0 aliphatic rings. The molecule has 0 saturated carbocycles. The van der Waals surface area contributed by atoms with Gasteiger partial charge < -0.3 is 5.11 Å². The monoisotopic (exact) mass is 251 g/mol. The van der Waals surface area contributed by atoms with Gasteiger partial charge in [0.2, 0.25) is 0 Å². The third-order valence-corrected chi connectivity index (χ3v) is 3.13. The average Bonchev–Trinajstić information content (AvgIpc) is 2.64. The van der Waals surface area contributed by atoms with E-state index < -0.39 is 5.60 Å². The number of hydrogen-bond acceptors (Lipinski definition) is 3. The van der Waals surface area contributed by atoms with E-state index in [0.29, 0.717) is 17.7 Å². The first-order valence-electron chi connectivity index (χ1n) is 5.37. The van der Waals surface area contributed by atoms with E-state index >= 15 is 0 Å². The number of aromatic nitrogens is 1. The van der Waals surface area contributed by atoms with E-state index in [4.69, 9.17) is 0 Å². The maximum Gasteiger partial charge on any atom is 0.132 e. The second kappa shape index (κ2) is 4.55. The van der Waals surface area contributed by atoms with Crippen LogP contribution in [-0.4, -0.2) is 15.7 Å². The van der Waals surface area contributed by atoms with Crippen molar-refractivity contribution in [3.63, 3.8) is 0 Å². The highest BCUT2D eigenvalue weighted by molar-refractivity contribution is 7.09. The zero-order valence-electron chi connectivity index (χ0n) is 9.77. The molecule has 0 amide bonds. The van der Waals surface area contributed by atoms with Crippen LogP contribution in [0.5, 0.6) is 0 Å². The third kappa shape index (κ3) is 3.11. The molecule has 1 aromatic heterocycles. The van der Waals surface area contributed by atoms with Gasteiger partial charge in [-0.25, -0.2) is 9.37 Å². The highest BCUT2D eigenvalue weighted by Gasteiger charge is 2.17. The molecule has 0 radical (unpaired) electrons. The molecule has 0 aliphatic heterocycles. The Labute approximate surface area is 104 Å². The first-order valence-corrected chi connectivity index (χ1v) is 6.25. The molecule has 2 aromatic rings. The van der Waals surface area contributed by atoms with Gasteiger partial charge in [-0.1, -0.05) is 12.1 Å². The summed E-state index contributed by atoms with van der Waals surface area (Å²) in [6.07, 6.45) is 0.478. The molecule has 0 atom stereocenters. The van der Waals surface area contributed by atoms with Gasteiger partial charge in [-0.3, -0.25) is 0 Å². The van der Waals surface area contributed by atoms with E-state index in [9.17, 15) is 9.50 Å². The fourth-order valence-electron chi connectivity index (χ4n) is 1.55. The molecule has 17 heavy (non-hydrogen) atoms. The van der Waals surface area contributed by atoms with Crippen molar-refractivity contribution in [3.05, 3.63) is 40.5 Å². The van der Waals surface area contributed by atoms with Crippen LogP contribution >= 0.6 is 11.3 Å². The van der Waals surface area contributed by atoms with Crippen molar-refractivity contribution < 1.29 is 9.50 Å². The summed E-state index contributed by atoms with van der Waals surface area (Å²) in [7, 11) is 0. The van der Waals surface area contributed by atoms with Crippen LogP contribution in [0, 0.1) is 5.82 Å². The van der Waals surface area contributed by atoms with Gasteiger partial charge in [0, 0.05) is 17.4 Å². The van der Waals surface area contributed by atoms with Crippen LogP contribution in [0.25, 0.3) is 11.3 Å². The largest absolute Gasteiger partial charge is 0.390 e. The smallest absolute Gasteiger partial charge is 0.132 e. The summed E-state index contributed by atoms with van der Waals surface area (Å²) in [6.45, 7) is 3.47. The number of hydrogen-bond donors (Lipinski definition) is 1. The van der Waals surface area contributed by atoms with Crippen LogP contribution in [0.1, 0.15) is 18.9 Å². The van der Waals surface area contributed by atoms with Crippen molar-refractivity contribution in [1.29, 1.82) is 0 Å². The van der Waals surface area contributed by atoms with Gasteiger partial charge in [0.25, 0.3) is 0 Å². The first-order chi connectivity index (χ1) is 7.96. The van der Waals surface area contributed by atoms with E-state index in [1.807, 2.05) is 5.38 Å². The van der Waals surface area contributed by atoms with E-state index in [1.165, 1.54) is 17.4 Å².